The molecule has 2 atom stereocenters. The van der Waals surface area contributed by atoms with Crippen molar-refractivity contribution < 1.29 is 39.6 Å². The summed E-state index contributed by atoms with van der Waals surface area (Å²) in [6, 6.07) is 0. The molecule has 0 saturated carbocycles. The molecule has 0 bridgehead atoms. The summed E-state index contributed by atoms with van der Waals surface area (Å²) in [4.78, 5) is 41.9. The molecule has 0 aliphatic rings. The van der Waals surface area contributed by atoms with Crippen molar-refractivity contribution in [2.45, 2.75) is 12.8 Å². The average molecular weight is 330 g/mol. The van der Waals surface area contributed by atoms with E-state index in [9.17, 15) is 19.2 Å². The molecular formula is C8H14Na4O8. The van der Waals surface area contributed by atoms with Crippen molar-refractivity contribution in [2.75, 3.05) is 0 Å². The molecule has 0 aliphatic carbocycles. The van der Waals surface area contributed by atoms with Crippen LogP contribution in [-0.2, 0) is 19.2 Å². The Hall–Kier alpha value is 1.88. The Morgan fingerprint density at radius 3 is 0.900 bits per heavy atom. The topological polar surface area (TPSA) is 149 Å². The SMILES string of the molecule is O=C(O)CC(C(=O)O)C(CC(=O)O)C(=O)O.[NaH].[NaH].[NaH].[NaH]. The van der Waals surface area contributed by atoms with Gasteiger partial charge in [-0.1, -0.05) is 0 Å². The number of carboxylic acids is 4. The Balaban J connectivity index is -0.000000187. The second kappa shape index (κ2) is 17.2. The van der Waals surface area contributed by atoms with E-state index in [4.69, 9.17) is 20.4 Å². The molecule has 0 rings (SSSR count). The molecule has 0 aliphatic heterocycles. The van der Waals surface area contributed by atoms with Crippen LogP contribution in [-0.4, -0.2) is 163 Å². The molecule has 4 N–H and O–H groups in total. The molecule has 8 nitrogen and oxygen atoms in total. The van der Waals surface area contributed by atoms with Gasteiger partial charge in [-0.15, -0.1) is 0 Å². The third-order valence-electron chi connectivity index (χ3n) is 1.91. The van der Waals surface area contributed by atoms with Crippen LogP contribution in [0, 0.1) is 11.8 Å². The number of rotatable bonds is 7. The van der Waals surface area contributed by atoms with Crippen LogP contribution in [0.4, 0.5) is 0 Å². The minimum atomic E-state index is -1.76. The number of aliphatic carboxylic acids is 4. The second-order valence-electron chi connectivity index (χ2n) is 3.09. The monoisotopic (exact) mass is 330 g/mol. The van der Waals surface area contributed by atoms with E-state index < -0.39 is 48.6 Å². The Bertz CT molecular complexity index is 302. The third-order valence-corrected chi connectivity index (χ3v) is 1.91. The first kappa shape index (κ1) is 33.5. The number of carboxylic acid groups (broad SMARTS) is 4. The summed E-state index contributed by atoms with van der Waals surface area (Å²) in [5.41, 5.74) is 0. The van der Waals surface area contributed by atoms with E-state index >= 15 is 0 Å². The Morgan fingerprint density at radius 1 is 0.600 bits per heavy atom. The van der Waals surface area contributed by atoms with Gasteiger partial charge in [0.15, 0.2) is 0 Å². The molecule has 2 unspecified atom stereocenters. The van der Waals surface area contributed by atoms with Gasteiger partial charge in [-0.2, -0.15) is 0 Å². The maximum atomic E-state index is 10.6. The maximum absolute atomic E-state index is 10.6. The van der Waals surface area contributed by atoms with E-state index in [1.54, 1.807) is 0 Å². The van der Waals surface area contributed by atoms with E-state index in [0.717, 1.165) is 0 Å². The molecule has 0 aromatic rings. The van der Waals surface area contributed by atoms with Crippen molar-refractivity contribution in [3.05, 3.63) is 0 Å². The van der Waals surface area contributed by atoms with Gasteiger partial charge in [-0.3, -0.25) is 19.2 Å². The van der Waals surface area contributed by atoms with Crippen molar-refractivity contribution in [3.63, 3.8) is 0 Å². The van der Waals surface area contributed by atoms with Gasteiger partial charge in [-0.05, 0) is 0 Å². The van der Waals surface area contributed by atoms with Crippen LogP contribution in [0.5, 0.6) is 0 Å². The molecule has 0 saturated heterocycles. The summed E-state index contributed by atoms with van der Waals surface area (Å²) in [5, 5.41) is 34.1. The fourth-order valence-corrected chi connectivity index (χ4v) is 1.18. The van der Waals surface area contributed by atoms with Crippen molar-refractivity contribution >= 4 is 142 Å². The molecule has 0 spiro atoms. The zero-order valence-electron chi connectivity index (χ0n) is 7.99. The van der Waals surface area contributed by atoms with Crippen LogP contribution in [0.15, 0.2) is 0 Å². The minimum absolute atomic E-state index is 0. The molecule has 0 aromatic carbocycles. The van der Waals surface area contributed by atoms with E-state index in [1.807, 2.05) is 0 Å². The molecule has 0 amide bonds. The number of hydrogen-bond acceptors (Lipinski definition) is 4. The predicted octanol–water partition coefficient (Wildman–Crippen LogP) is -3.26. The fourth-order valence-electron chi connectivity index (χ4n) is 1.18. The van der Waals surface area contributed by atoms with Crippen LogP contribution in [0.25, 0.3) is 0 Å². The summed E-state index contributed by atoms with van der Waals surface area (Å²) in [5.74, 6) is -9.79. The molecule has 98 valence electrons. The van der Waals surface area contributed by atoms with Gasteiger partial charge < -0.3 is 20.4 Å². The van der Waals surface area contributed by atoms with Gasteiger partial charge in [0.2, 0.25) is 0 Å². The summed E-state index contributed by atoms with van der Waals surface area (Å²) in [7, 11) is 0. The molecule has 0 heterocycles. The van der Waals surface area contributed by atoms with E-state index in [-0.39, 0.29) is 118 Å². The summed E-state index contributed by atoms with van der Waals surface area (Å²) < 4.78 is 0. The third kappa shape index (κ3) is 14.8. The van der Waals surface area contributed by atoms with Gasteiger partial charge >= 0.3 is 142 Å². The Labute approximate surface area is 203 Å². The zero-order valence-corrected chi connectivity index (χ0v) is 7.99. The molecule has 12 heteroatoms. The van der Waals surface area contributed by atoms with Crippen LogP contribution in [0.2, 0.25) is 0 Å². The zero-order chi connectivity index (χ0) is 12.9. The van der Waals surface area contributed by atoms with Crippen LogP contribution in [0.3, 0.4) is 0 Å². The van der Waals surface area contributed by atoms with Crippen molar-refractivity contribution in [1.82, 2.24) is 0 Å². The molecule has 0 aromatic heterocycles. The first-order valence-electron chi connectivity index (χ1n) is 4.15. The molecule has 20 heavy (non-hydrogen) atoms. The quantitative estimate of drug-likeness (QED) is 0.355. The van der Waals surface area contributed by atoms with Crippen molar-refractivity contribution in [2.24, 2.45) is 11.8 Å². The van der Waals surface area contributed by atoms with Gasteiger partial charge in [0.1, 0.15) is 0 Å². The summed E-state index contributed by atoms with van der Waals surface area (Å²) in [6.07, 6.45) is -1.86. The predicted molar refractivity (Wildman–Crippen MR) is 75.4 cm³/mol. The normalized spacial score (nSPS) is 11.0. The van der Waals surface area contributed by atoms with Gasteiger partial charge in [0.25, 0.3) is 0 Å². The summed E-state index contributed by atoms with van der Waals surface area (Å²) in [6.45, 7) is 0. The Morgan fingerprint density at radius 2 is 0.800 bits per heavy atom. The number of hydrogen-bond donors (Lipinski definition) is 4. The average Bonchev–Trinajstić information content (AvgIpc) is 2.09. The van der Waals surface area contributed by atoms with E-state index in [2.05, 4.69) is 0 Å². The van der Waals surface area contributed by atoms with E-state index in [0.29, 0.717) is 0 Å². The summed E-state index contributed by atoms with van der Waals surface area (Å²) >= 11 is 0. The first-order valence-corrected chi connectivity index (χ1v) is 4.15. The number of carbonyl (C=O) groups is 4. The molecule has 0 radical (unpaired) electrons. The molecular weight excluding hydrogens is 316 g/mol. The van der Waals surface area contributed by atoms with Crippen molar-refractivity contribution in [3.8, 4) is 0 Å². The van der Waals surface area contributed by atoms with Crippen LogP contribution in [0.1, 0.15) is 12.8 Å². The van der Waals surface area contributed by atoms with Gasteiger partial charge in [-0.25, -0.2) is 0 Å². The van der Waals surface area contributed by atoms with Crippen molar-refractivity contribution in [1.29, 1.82) is 0 Å². The van der Waals surface area contributed by atoms with E-state index in [1.165, 1.54) is 0 Å². The van der Waals surface area contributed by atoms with Gasteiger partial charge in [0.05, 0.1) is 24.7 Å². The van der Waals surface area contributed by atoms with Crippen LogP contribution >= 0.6 is 0 Å². The molecule has 0 fully saturated rings. The Kier molecular flexibility index (Phi) is 28.9. The standard InChI is InChI=1S/C8H10O8.4Na.4H/c9-5(10)1-3(7(13)14)4(8(15)16)2-6(11)12;;;;;;;;/h3-4H,1-2H2,(H,9,10)(H,11,12)(H,13,14)(H,15,16);;;;;;;;. The first-order chi connectivity index (χ1) is 7.25. The van der Waals surface area contributed by atoms with Gasteiger partial charge in [0, 0.05) is 0 Å². The van der Waals surface area contributed by atoms with Crippen LogP contribution < -0.4 is 0 Å². The fraction of sp³-hybridized carbons (Fsp3) is 0.500. The second-order valence-corrected chi connectivity index (χ2v) is 3.09.